The van der Waals surface area contributed by atoms with Crippen LogP contribution in [0.25, 0.3) is 11.2 Å². The van der Waals surface area contributed by atoms with E-state index >= 15 is 0 Å². The summed E-state index contributed by atoms with van der Waals surface area (Å²) >= 11 is 3.03. The van der Waals surface area contributed by atoms with Gasteiger partial charge < -0.3 is 27.9 Å². The first-order chi connectivity index (χ1) is 34.1. The molecule has 2 aromatic heterocycles. The molecule has 19 heteroatoms. The first kappa shape index (κ1) is 52.4. The summed E-state index contributed by atoms with van der Waals surface area (Å²) in [6.45, 7) is 14.0. The predicted octanol–water partition coefficient (Wildman–Crippen LogP) is 10.4. The molecule has 15 nitrogen and oxygen atoms in total. The van der Waals surface area contributed by atoms with Gasteiger partial charge in [-0.2, -0.15) is 4.98 Å². The number of anilines is 1. The Morgan fingerprint density at radius 2 is 1.44 bits per heavy atom. The number of hydrogen-bond donors (Lipinski definition) is 2. The zero-order valence-corrected chi connectivity index (χ0v) is 45.0. The van der Waals surface area contributed by atoms with Gasteiger partial charge in [0.15, 0.2) is 33.2 Å². The minimum Gasteiger partial charge on any atom is -0.497 e. The van der Waals surface area contributed by atoms with Crippen LogP contribution < -0.4 is 20.3 Å². The van der Waals surface area contributed by atoms with E-state index in [2.05, 4.69) is 66.0 Å². The van der Waals surface area contributed by atoms with E-state index in [1.165, 1.54) is 18.7 Å². The lowest BCUT2D eigenvalue weighted by Gasteiger charge is -2.41. The number of amides is 1. The second kappa shape index (κ2) is 22.9. The maximum Gasteiger partial charge on any atom is 0.280 e. The monoisotopic (exact) mass is 1040 g/mol. The van der Waals surface area contributed by atoms with Crippen molar-refractivity contribution in [3.8, 4) is 11.5 Å². The number of carbonyl (C=O) groups excluding carboxylic acids is 2. The number of aromatic amines is 1. The summed E-state index contributed by atoms with van der Waals surface area (Å²) in [4.78, 5) is 50.9. The number of nitrogens with zero attached hydrogens (tertiary/aromatic N) is 4. The lowest BCUT2D eigenvalue weighted by molar-refractivity contribution is -0.114. The van der Waals surface area contributed by atoms with Gasteiger partial charge >= 0.3 is 0 Å². The highest BCUT2D eigenvalue weighted by Gasteiger charge is 2.54. The Kier molecular flexibility index (Phi) is 16.9. The molecule has 0 saturated carbocycles. The summed E-state index contributed by atoms with van der Waals surface area (Å²) in [7, 11) is -0.713. The molecule has 4 heterocycles. The van der Waals surface area contributed by atoms with Gasteiger partial charge in [-0.3, -0.25) is 33.9 Å². The lowest BCUT2D eigenvalue weighted by atomic mass is 9.80. The SMILES string of the molecule is COc1ccc(C(OCC2OC(n3cnc4c(=O)[nH]c(NC(C)=O)nc43)C(O[Si](C)(C)C(C)(C)C)C2OP(SCCSC(=O)c2ccccc2)N2CCCC2)(c2ccccc2)c2ccc(OC)cc2)cc1. The molecule has 8 rings (SSSR count). The van der Waals surface area contributed by atoms with Crippen molar-refractivity contribution in [3.63, 3.8) is 0 Å². The fourth-order valence-electron chi connectivity index (χ4n) is 8.51. The van der Waals surface area contributed by atoms with Crippen molar-refractivity contribution in [3.05, 3.63) is 148 Å². The molecule has 2 N–H and O–H groups in total. The summed E-state index contributed by atoms with van der Waals surface area (Å²) < 4.78 is 45.4. The molecule has 71 heavy (non-hydrogen) atoms. The molecule has 0 spiro atoms. The summed E-state index contributed by atoms with van der Waals surface area (Å²) in [5, 5.41) is 2.42. The number of benzene rings is 4. The van der Waals surface area contributed by atoms with Crippen molar-refractivity contribution in [1.29, 1.82) is 0 Å². The Bertz CT molecular complexity index is 2750. The molecule has 0 radical (unpaired) electrons. The van der Waals surface area contributed by atoms with E-state index < -0.39 is 57.4 Å². The van der Waals surface area contributed by atoms with E-state index in [1.807, 2.05) is 97.1 Å². The number of ether oxygens (including phenoxy) is 4. The highest BCUT2D eigenvalue weighted by molar-refractivity contribution is 8.53. The molecule has 376 valence electrons. The van der Waals surface area contributed by atoms with Gasteiger partial charge in [-0.25, -0.2) is 4.98 Å². The van der Waals surface area contributed by atoms with Gasteiger partial charge in [0.25, 0.3) is 5.56 Å². The number of thioether (sulfide) groups is 1. The molecule has 0 aliphatic carbocycles. The first-order valence-electron chi connectivity index (χ1n) is 23.7. The third-order valence-electron chi connectivity index (χ3n) is 13.2. The molecular formula is C52H63N6O9PS2Si. The molecule has 6 aromatic rings. The van der Waals surface area contributed by atoms with Crippen LogP contribution >= 0.6 is 30.6 Å². The third kappa shape index (κ3) is 11.8. The molecule has 5 atom stereocenters. The van der Waals surface area contributed by atoms with E-state index in [1.54, 1.807) is 36.5 Å². The Morgan fingerprint density at radius 1 is 0.845 bits per heavy atom. The van der Waals surface area contributed by atoms with Gasteiger partial charge in [0.2, 0.25) is 17.0 Å². The minimum atomic E-state index is -2.66. The van der Waals surface area contributed by atoms with Crippen LogP contribution in [0.15, 0.2) is 120 Å². The number of aromatic nitrogens is 4. The standard InChI is InChI=1S/C52H63N6O9PS2Si/c1-35(59)54-50-55-46-43(47(60)56-50)53-34-58(46)48-45(67-71(7,8)51(2,3)4)44(66-68(57-29-15-16-30-57)70-32-31-69-49(61)36-17-11-9-12-18-36)42(65-48)33-64-52(37-19-13-10-14-20-37,38-21-25-40(62-5)26-22-38)39-23-27-41(63-6)28-24-39/h9-14,17-28,34,42,44-45,48H,15-16,29-33H2,1-8H3,(H2,54,55,56,59,60). The number of rotatable bonds is 20. The van der Waals surface area contributed by atoms with Crippen LogP contribution in [-0.4, -0.2) is 107 Å². The highest BCUT2D eigenvalue weighted by atomic mass is 32.7. The van der Waals surface area contributed by atoms with Gasteiger partial charge in [-0.1, -0.05) is 129 Å². The molecule has 1 amide bonds. The van der Waals surface area contributed by atoms with E-state index in [-0.39, 0.29) is 33.9 Å². The number of nitrogens with one attached hydrogen (secondary N) is 2. The minimum absolute atomic E-state index is 0.0124. The molecule has 0 bridgehead atoms. The zero-order valence-electron chi connectivity index (χ0n) is 41.5. The average Bonchev–Trinajstić information content (AvgIpc) is 4.13. The van der Waals surface area contributed by atoms with Crippen LogP contribution in [0.5, 0.6) is 11.5 Å². The van der Waals surface area contributed by atoms with Crippen LogP contribution in [0.4, 0.5) is 5.95 Å². The van der Waals surface area contributed by atoms with Crippen LogP contribution in [0.3, 0.4) is 0 Å². The summed E-state index contributed by atoms with van der Waals surface area (Å²) in [6, 6.07) is 35.2. The molecule has 2 aliphatic rings. The molecule has 2 saturated heterocycles. The normalized spacial score (nSPS) is 19.2. The quantitative estimate of drug-likeness (QED) is 0.0321. The van der Waals surface area contributed by atoms with Crippen molar-refractivity contribution in [2.45, 2.75) is 88.8 Å². The Morgan fingerprint density at radius 3 is 2.01 bits per heavy atom. The Balaban J connectivity index is 1.25. The molecule has 5 unspecified atom stereocenters. The largest absolute Gasteiger partial charge is 0.497 e. The number of carbonyl (C=O) groups is 2. The fourth-order valence-corrected chi connectivity index (χ4v) is 15.1. The fraction of sp³-hybridized carbons (Fsp3) is 0.404. The Hall–Kier alpha value is -4.88. The second-order valence-corrected chi connectivity index (χ2v) is 28.4. The van der Waals surface area contributed by atoms with Gasteiger partial charge in [0.05, 0.1) is 27.2 Å². The van der Waals surface area contributed by atoms with Crippen LogP contribution in [0.1, 0.15) is 73.8 Å². The molecular weight excluding hydrogens is 976 g/mol. The summed E-state index contributed by atoms with van der Waals surface area (Å²) in [5.74, 6) is 2.23. The first-order valence-corrected chi connectivity index (χ1v) is 30.4. The van der Waals surface area contributed by atoms with Gasteiger partial charge in [-0.05, 0) is 71.9 Å². The Labute approximate surface area is 425 Å². The van der Waals surface area contributed by atoms with Crippen LogP contribution in [0.2, 0.25) is 18.1 Å². The zero-order chi connectivity index (χ0) is 50.3. The maximum atomic E-state index is 13.5. The van der Waals surface area contributed by atoms with Crippen LogP contribution in [-0.2, 0) is 28.8 Å². The smallest absolute Gasteiger partial charge is 0.280 e. The van der Waals surface area contributed by atoms with Crippen LogP contribution in [0, 0.1) is 0 Å². The third-order valence-corrected chi connectivity index (χ3v) is 22.9. The number of fused-ring (bicyclic) bond motifs is 1. The molecule has 2 aliphatic heterocycles. The second-order valence-electron chi connectivity index (χ2n) is 18.9. The maximum absolute atomic E-state index is 13.5. The van der Waals surface area contributed by atoms with Crippen molar-refractivity contribution >= 4 is 67.1 Å². The highest BCUT2D eigenvalue weighted by Crippen LogP contribution is 2.59. The predicted molar refractivity (Wildman–Crippen MR) is 285 cm³/mol. The number of H-pyrrole nitrogens is 1. The molecule has 4 aromatic carbocycles. The average molecular weight is 1040 g/mol. The van der Waals surface area contributed by atoms with Crippen molar-refractivity contribution in [2.75, 3.05) is 50.7 Å². The van der Waals surface area contributed by atoms with Gasteiger partial charge in [-0.15, -0.1) is 0 Å². The van der Waals surface area contributed by atoms with E-state index in [4.69, 9.17) is 32.9 Å². The number of methoxy groups -OCH3 is 2. The number of imidazole rings is 1. The van der Waals surface area contributed by atoms with Gasteiger partial charge in [0, 0.05) is 37.1 Å². The van der Waals surface area contributed by atoms with E-state index in [0.29, 0.717) is 28.6 Å². The van der Waals surface area contributed by atoms with Crippen molar-refractivity contribution < 1.29 is 37.5 Å². The topological polar surface area (TPSA) is 168 Å². The van der Waals surface area contributed by atoms with E-state index in [0.717, 1.165) is 42.6 Å². The summed E-state index contributed by atoms with van der Waals surface area (Å²) in [6.07, 6.45) is 0.422. The summed E-state index contributed by atoms with van der Waals surface area (Å²) in [5.41, 5.74) is 1.82. The number of hydrogen-bond acceptors (Lipinski definition) is 14. The lowest BCUT2D eigenvalue weighted by Crippen LogP contribution is -2.49. The van der Waals surface area contributed by atoms with Crippen molar-refractivity contribution in [2.24, 2.45) is 0 Å². The van der Waals surface area contributed by atoms with E-state index in [9.17, 15) is 14.4 Å². The molecule has 2 fully saturated rings. The van der Waals surface area contributed by atoms with Gasteiger partial charge in [0.1, 0.15) is 35.4 Å². The van der Waals surface area contributed by atoms with Crippen molar-refractivity contribution in [1.82, 2.24) is 24.2 Å².